The summed E-state index contributed by atoms with van der Waals surface area (Å²) in [7, 11) is 0. The SMILES string of the molecule is O=C(O)c1cc2ccccc2c(-c2cccc(I)c2)n1. The quantitative estimate of drug-likeness (QED) is 0.683. The van der Waals surface area contributed by atoms with Crippen molar-refractivity contribution in [1.29, 1.82) is 0 Å². The summed E-state index contributed by atoms with van der Waals surface area (Å²) in [6.45, 7) is 0. The van der Waals surface area contributed by atoms with E-state index in [1.54, 1.807) is 6.07 Å². The summed E-state index contributed by atoms with van der Waals surface area (Å²) in [5.74, 6) is -1.01. The molecule has 4 heteroatoms. The molecule has 0 radical (unpaired) electrons. The number of carboxylic acids is 1. The highest BCUT2D eigenvalue weighted by molar-refractivity contribution is 14.1. The van der Waals surface area contributed by atoms with Gasteiger partial charge in [0.25, 0.3) is 0 Å². The number of rotatable bonds is 2. The second-order valence-corrected chi connectivity index (χ2v) is 5.64. The highest BCUT2D eigenvalue weighted by Crippen LogP contribution is 2.28. The Morgan fingerprint density at radius 1 is 1.05 bits per heavy atom. The minimum absolute atomic E-state index is 0.0672. The van der Waals surface area contributed by atoms with Crippen LogP contribution < -0.4 is 0 Å². The number of carbonyl (C=O) groups is 1. The zero-order chi connectivity index (χ0) is 14.1. The predicted octanol–water partition coefficient (Wildman–Crippen LogP) is 4.20. The van der Waals surface area contributed by atoms with Crippen molar-refractivity contribution >= 4 is 39.3 Å². The van der Waals surface area contributed by atoms with E-state index in [0.29, 0.717) is 5.69 Å². The summed E-state index contributed by atoms with van der Waals surface area (Å²) in [4.78, 5) is 15.5. The van der Waals surface area contributed by atoms with Gasteiger partial charge in [0.1, 0.15) is 5.69 Å². The number of hydrogen-bond donors (Lipinski definition) is 1. The lowest BCUT2D eigenvalue weighted by Crippen LogP contribution is -2.02. The van der Waals surface area contributed by atoms with Crippen LogP contribution in [0.3, 0.4) is 0 Å². The predicted molar refractivity (Wildman–Crippen MR) is 86.9 cm³/mol. The fraction of sp³-hybridized carbons (Fsp3) is 0. The molecule has 0 spiro atoms. The average molecular weight is 375 g/mol. The van der Waals surface area contributed by atoms with E-state index < -0.39 is 5.97 Å². The number of halogens is 1. The molecule has 1 aromatic heterocycles. The molecule has 0 saturated heterocycles. The molecule has 0 fully saturated rings. The first kappa shape index (κ1) is 13.1. The first-order valence-corrected chi connectivity index (χ1v) is 7.12. The number of aromatic carboxylic acids is 1. The Bertz CT molecular complexity index is 814. The normalized spacial score (nSPS) is 10.7. The molecule has 3 rings (SSSR count). The van der Waals surface area contributed by atoms with Gasteiger partial charge in [-0.3, -0.25) is 0 Å². The van der Waals surface area contributed by atoms with Crippen LogP contribution in [0.2, 0.25) is 0 Å². The van der Waals surface area contributed by atoms with Gasteiger partial charge in [0.15, 0.2) is 0 Å². The molecule has 0 amide bonds. The molecule has 0 atom stereocenters. The maximum Gasteiger partial charge on any atom is 0.354 e. The van der Waals surface area contributed by atoms with Crippen LogP contribution in [0.15, 0.2) is 54.6 Å². The highest BCUT2D eigenvalue weighted by atomic mass is 127. The van der Waals surface area contributed by atoms with E-state index >= 15 is 0 Å². The number of benzene rings is 2. The number of pyridine rings is 1. The molecule has 3 aromatic rings. The summed E-state index contributed by atoms with van der Waals surface area (Å²) < 4.78 is 1.09. The molecule has 1 heterocycles. The van der Waals surface area contributed by atoms with E-state index in [1.165, 1.54) is 0 Å². The summed E-state index contributed by atoms with van der Waals surface area (Å²) in [6, 6.07) is 17.2. The Morgan fingerprint density at radius 2 is 1.85 bits per heavy atom. The fourth-order valence-electron chi connectivity index (χ4n) is 2.16. The maximum absolute atomic E-state index is 11.2. The van der Waals surface area contributed by atoms with Crippen molar-refractivity contribution in [3.63, 3.8) is 0 Å². The minimum atomic E-state index is -1.01. The van der Waals surface area contributed by atoms with Crippen LogP contribution >= 0.6 is 22.6 Å². The van der Waals surface area contributed by atoms with Crippen LogP contribution in [-0.4, -0.2) is 16.1 Å². The molecular formula is C16H10INO2. The van der Waals surface area contributed by atoms with Crippen molar-refractivity contribution in [2.75, 3.05) is 0 Å². The monoisotopic (exact) mass is 375 g/mol. The third kappa shape index (κ3) is 2.38. The average Bonchev–Trinajstić information content (AvgIpc) is 2.46. The Balaban J connectivity index is 2.35. The summed E-state index contributed by atoms with van der Waals surface area (Å²) in [6.07, 6.45) is 0. The third-order valence-electron chi connectivity index (χ3n) is 3.06. The zero-order valence-corrected chi connectivity index (χ0v) is 12.5. The van der Waals surface area contributed by atoms with Crippen LogP contribution in [0, 0.1) is 3.57 Å². The van der Waals surface area contributed by atoms with Crippen LogP contribution in [0.4, 0.5) is 0 Å². The molecule has 2 aromatic carbocycles. The van der Waals surface area contributed by atoms with Crippen LogP contribution in [-0.2, 0) is 0 Å². The van der Waals surface area contributed by atoms with Gasteiger partial charge in [0, 0.05) is 14.5 Å². The number of nitrogens with zero attached hydrogens (tertiary/aromatic N) is 1. The summed E-state index contributed by atoms with van der Waals surface area (Å²) in [5, 5.41) is 11.0. The van der Waals surface area contributed by atoms with Crippen molar-refractivity contribution in [2.24, 2.45) is 0 Å². The fourth-order valence-corrected chi connectivity index (χ4v) is 2.71. The molecule has 0 aliphatic rings. The highest BCUT2D eigenvalue weighted by Gasteiger charge is 2.12. The van der Waals surface area contributed by atoms with E-state index in [2.05, 4.69) is 27.6 Å². The smallest absolute Gasteiger partial charge is 0.354 e. The molecular weight excluding hydrogens is 365 g/mol. The second kappa shape index (κ2) is 5.20. The summed E-state index contributed by atoms with van der Waals surface area (Å²) in [5.41, 5.74) is 1.70. The van der Waals surface area contributed by atoms with E-state index in [-0.39, 0.29) is 5.69 Å². The van der Waals surface area contributed by atoms with Crippen LogP contribution in [0.1, 0.15) is 10.5 Å². The lowest BCUT2D eigenvalue weighted by atomic mass is 10.0. The van der Waals surface area contributed by atoms with Gasteiger partial charge in [-0.2, -0.15) is 0 Å². The molecule has 0 aliphatic heterocycles. The zero-order valence-electron chi connectivity index (χ0n) is 10.4. The van der Waals surface area contributed by atoms with E-state index in [4.69, 9.17) is 0 Å². The van der Waals surface area contributed by atoms with Gasteiger partial charge in [-0.1, -0.05) is 36.4 Å². The van der Waals surface area contributed by atoms with Crippen molar-refractivity contribution in [1.82, 2.24) is 4.98 Å². The number of fused-ring (bicyclic) bond motifs is 1. The van der Waals surface area contributed by atoms with E-state index in [9.17, 15) is 9.90 Å². The Labute approximate surface area is 129 Å². The number of carboxylic acid groups (broad SMARTS) is 1. The molecule has 0 saturated carbocycles. The van der Waals surface area contributed by atoms with Gasteiger partial charge in [-0.05, 0) is 46.2 Å². The summed E-state index contributed by atoms with van der Waals surface area (Å²) >= 11 is 2.23. The van der Waals surface area contributed by atoms with Crippen molar-refractivity contribution < 1.29 is 9.90 Å². The molecule has 0 bridgehead atoms. The molecule has 1 N–H and O–H groups in total. The number of aromatic nitrogens is 1. The lowest BCUT2D eigenvalue weighted by molar-refractivity contribution is 0.0691. The lowest BCUT2D eigenvalue weighted by Gasteiger charge is -2.08. The molecule has 3 nitrogen and oxygen atoms in total. The number of hydrogen-bond acceptors (Lipinski definition) is 2. The van der Waals surface area contributed by atoms with Crippen LogP contribution in [0.5, 0.6) is 0 Å². The van der Waals surface area contributed by atoms with Gasteiger partial charge < -0.3 is 5.11 Å². The third-order valence-corrected chi connectivity index (χ3v) is 3.73. The van der Waals surface area contributed by atoms with Crippen molar-refractivity contribution in [3.8, 4) is 11.3 Å². The molecule has 98 valence electrons. The van der Waals surface area contributed by atoms with Gasteiger partial charge in [-0.25, -0.2) is 9.78 Å². The largest absolute Gasteiger partial charge is 0.477 e. The Morgan fingerprint density at radius 3 is 2.60 bits per heavy atom. The van der Waals surface area contributed by atoms with Gasteiger partial charge >= 0.3 is 5.97 Å². The van der Waals surface area contributed by atoms with Crippen molar-refractivity contribution in [2.45, 2.75) is 0 Å². The molecule has 0 unspecified atom stereocenters. The first-order valence-electron chi connectivity index (χ1n) is 6.04. The topological polar surface area (TPSA) is 50.2 Å². The maximum atomic E-state index is 11.2. The van der Waals surface area contributed by atoms with Gasteiger partial charge in [-0.15, -0.1) is 0 Å². The van der Waals surface area contributed by atoms with Crippen LogP contribution in [0.25, 0.3) is 22.0 Å². The van der Waals surface area contributed by atoms with E-state index in [1.807, 2.05) is 48.5 Å². The standard InChI is InChI=1S/C16H10INO2/c17-12-6-3-5-11(8-12)15-13-7-2-1-4-10(13)9-14(18-15)16(19)20/h1-9H,(H,19,20). The molecule has 0 aliphatic carbocycles. The Kier molecular flexibility index (Phi) is 3.40. The second-order valence-electron chi connectivity index (χ2n) is 4.39. The first-order chi connectivity index (χ1) is 9.65. The Hall–Kier alpha value is -1.95. The van der Waals surface area contributed by atoms with Gasteiger partial charge in [0.05, 0.1) is 5.69 Å². The van der Waals surface area contributed by atoms with Crippen molar-refractivity contribution in [3.05, 3.63) is 63.9 Å². The molecule has 20 heavy (non-hydrogen) atoms. The van der Waals surface area contributed by atoms with E-state index in [0.717, 1.165) is 19.9 Å². The van der Waals surface area contributed by atoms with Gasteiger partial charge in [0.2, 0.25) is 0 Å². The minimum Gasteiger partial charge on any atom is -0.477 e.